The predicted molar refractivity (Wildman–Crippen MR) is 77.1 cm³/mol. The minimum atomic E-state index is -0.468. The molecule has 0 N–H and O–H groups in total. The number of ether oxygens (including phenoxy) is 1. The molecule has 7 heteroatoms. The van der Waals surface area contributed by atoms with E-state index in [2.05, 4.69) is 9.97 Å². The normalized spacial score (nSPS) is 16.2. The summed E-state index contributed by atoms with van der Waals surface area (Å²) in [6.07, 6.45) is 1.36. The zero-order valence-electron chi connectivity index (χ0n) is 12.0. The van der Waals surface area contributed by atoms with Crippen LogP contribution in [0.2, 0.25) is 5.15 Å². The van der Waals surface area contributed by atoms with Crippen molar-refractivity contribution < 1.29 is 9.53 Å². The van der Waals surface area contributed by atoms with E-state index in [0.29, 0.717) is 37.3 Å². The number of anilines is 1. The van der Waals surface area contributed by atoms with Crippen LogP contribution in [0.4, 0.5) is 10.7 Å². The predicted octanol–water partition coefficient (Wildman–Crippen LogP) is 2.19. The SMILES string of the molecule is CC(C)(C)OC(=O)N1CCN(c2nccc(Cl)n2)CC1. The lowest BCUT2D eigenvalue weighted by molar-refractivity contribution is 0.0240. The van der Waals surface area contributed by atoms with E-state index in [-0.39, 0.29) is 6.09 Å². The summed E-state index contributed by atoms with van der Waals surface area (Å²) in [6, 6.07) is 1.64. The molecule has 2 rings (SSSR count). The van der Waals surface area contributed by atoms with Gasteiger partial charge in [-0.2, -0.15) is 0 Å². The standard InChI is InChI=1S/C13H19ClN4O2/c1-13(2,3)20-12(19)18-8-6-17(7-9-18)11-15-5-4-10(14)16-11/h4-5H,6-9H2,1-3H3. The lowest BCUT2D eigenvalue weighted by Gasteiger charge is -2.35. The van der Waals surface area contributed by atoms with Crippen molar-refractivity contribution in [2.24, 2.45) is 0 Å². The second kappa shape index (κ2) is 5.83. The smallest absolute Gasteiger partial charge is 0.410 e. The van der Waals surface area contributed by atoms with Gasteiger partial charge >= 0.3 is 6.09 Å². The Morgan fingerprint density at radius 3 is 2.50 bits per heavy atom. The Morgan fingerprint density at radius 2 is 1.95 bits per heavy atom. The maximum absolute atomic E-state index is 11.9. The fraction of sp³-hybridized carbons (Fsp3) is 0.615. The molecule has 2 heterocycles. The van der Waals surface area contributed by atoms with Crippen molar-refractivity contribution in [1.82, 2.24) is 14.9 Å². The lowest BCUT2D eigenvalue weighted by Crippen LogP contribution is -2.50. The Bertz CT molecular complexity index is 482. The quantitative estimate of drug-likeness (QED) is 0.744. The largest absolute Gasteiger partial charge is 0.444 e. The van der Waals surface area contributed by atoms with Crippen LogP contribution in [0.5, 0.6) is 0 Å². The van der Waals surface area contributed by atoms with Gasteiger partial charge in [-0.25, -0.2) is 14.8 Å². The van der Waals surface area contributed by atoms with Crippen molar-refractivity contribution in [3.8, 4) is 0 Å². The monoisotopic (exact) mass is 298 g/mol. The number of nitrogens with zero attached hydrogens (tertiary/aromatic N) is 4. The van der Waals surface area contributed by atoms with E-state index in [0.717, 1.165) is 0 Å². The van der Waals surface area contributed by atoms with E-state index in [1.165, 1.54) is 0 Å². The van der Waals surface area contributed by atoms with Crippen molar-refractivity contribution in [3.05, 3.63) is 17.4 Å². The molecule has 0 aliphatic carbocycles. The van der Waals surface area contributed by atoms with Crippen LogP contribution in [0.25, 0.3) is 0 Å². The number of piperazine rings is 1. The number of carbonyl (C=O) groups excluding carboxylic acids is 1. The molecule has 1 aliphatic heterocycles. The van der Waals surface area contributed by atoms with Crippen molar-refractivity contribution in [2.75, 3.05) is 31.1 Å². The molecule has 0 saturated carbocycles. The third-order valence-electron chi connectivity index (χ3n) is 2.82. The minimum absolute atomic E-state index is 0.274. The first-order valence-corrected chi connectivity index (χ1v) is 6.94. The number of rotatable bonds is 1. The van der Waals surface area contributed by atoms with Gasteiger partial charge in [0.05, 0.1) is 0 Å². The Kier molecular flexibility index (Phi) is 4.32. The van der Waals surface area contributed by atoms with E-state index >= 15 is 0 Å². The van der Waals surface area contributed by atoms with Gasteiger partial charge in [0, 0.05) is 32.4 Å². The van der Waals surface area contributed by atoms with Crippen LogP contribution < -0.4 is 4.90 Å². The molecule has 1 aromatic heterocycles. The van der Waals surface area contributed by atoms with Crippen LogP contribution in [0.1, 0.15) is 20.8 Å². The van der Waals surface area contributed by atoms with Gasteiger partial charge in [0.2, 0.25) is 5.95 Å². The molecule has 0 atom stereocenters. The topological polar surface area (TPSA) is 58.6 Å². The third-order valence-corrected chi connectivity index (χ3v) is 3.03. The Balaban J connectivity index is 1.91. The summed E-state index contributed by atoms with van der Waals surface area (Å²) >= 11 is 5.85. The van der Waals surface area contributed by atoms with Crippen molar-refractivity contribution in [3.63, 3.8) is 0 Å². The van der Waals surface area contributed by atoms with Gasteiger partial charge in [0.15, 0.2) is 0 Å². The molecule has 0 spiro atoms. The summed E-state index contributed by atoms with van der Waals surface area (Å²) in [7, 11) is 0. The summed E-state index contributed by atoms with van der Waals surface area (Å²) in [6.45, 7) is 8.09. The van der Waals surface area contributed by atoms with Crippen molar-refractivity contribution in [1.29, 1.82) is 0 Å². The van der Waals surface area contributed by atoms with Gasteiger partial charge in [0.25, 0.3) is 0 Å². The summed E-state index contributed by atoms with van der Waals surface area (Å²) < 4.78 is 5.35. The molecule has 1 aliphatic rings. The molecule has 1 amide bonds. The Hall–Kier alpha value is -1.56. The van der Waals surface area contributed by atoms with Gasteiger partial charge < -0.3 is 14.5 Å². The van der Waals surface area contributed by atoms with Gasteiger partial charge in [-0.05, 0) is 26.8 Å². The highest BCUT2D eigenvalue weighted by Gasteiger charge is 2.26. The molecule has 20 heavy (non-hydrogen) atoms. The van der Waals surface area contributed by atoms with E-state index < -0.39 is 5.60 Å². The third kappa shape index (κ3) is 3.96. The Labute approximate surface area is 123 Å². The van der Waals surface area contributed by atoms with Crippen molar-refractivity contribution >= 4 is 23.6 Å². The first kappa shape index (κ1) is 14.8. The van der Waals surface area contributed by atoms with Crippen LogP contribution in [-0.2, 0) is 4.74 Å². The average Bonchev–Trinajstić information content (AvgIpc) is 2.37. The molecule has 0 radical (unpaired) electrons. The van der Waals surface area contributed by atoms with Gasteiger partial charge in [-0.3, -0.25) is 0 Å². The van der Waals surface area contributed by atoms with Crippen LogP contribution in [0, 0.1) is 0 Å². The molecular weight excluding hydrogens is 280 g/mol. The highest BCUT2D eigenvalue weighted by Crippen LogP contribution is 2.15. The highest BCUT2D eigenvalue weighted by molar-refractivity contribution is 6.29. The number of hydrogen-bond donors (Lipinski definition) is 0. The van der Waals surface area contributed by atoms with Gasteiger partial charge in [0.1, 0.15) is 10.8 Å². The summed E-state index contributed by atoms with van der Waals surface area (Å²) in [4.78, 5) is 24.0. The summed E-state index contributed by atoms with van der Waals surface area (Å²) in [5, 5.41) is 0.421. The fourth-order valence-corrected chi connectivity index (χ4v) is 2.03. The van der Waals surface area contributed by atoms with Crippen LogP contribution in [0.3, 0.4) is 0 Å². The molecule has 0 aromatic carbocycles. The second-order valence-corrected chi connectivity index (χ2v) is 6.02. The number of carbonyl (C=O) groups is 1. The molecule has 110 valence electrons. The van der Waals surface area contributed by atoms with E-state index in [1.54, 1.807) is 17.2 Å². The molecule has 1 saturated heterocycles. The molecule has 0 unspecified atom stereocenters. The molecule has 6 nitrogen and oxygen atoms in total. The second-order valence-electron chi connectivity index (χ2n) is 5.63. The molecule has 0 bridgehead atoms. The average molecular weight is 299 g/mol. The molecule has 1 aromatic rings. The molecular formula is C13H19ClN4O2. The maximum Gasteiger partial charge on any atom is 0.410 e. The van der Waals surface area contributed by atoms with E-state index in [4.69, 9.17) is 16.3 Å². The number of halogens is 1. The highest BCUT2D eigenvalue weighted by atomic mass is 35.5. The van der Waals surface area contributed by atoms with Crippen LogP contribution in [0.15, 0.2) is 12.3 Å². The summed E-state index contributed by atoms with van der Waals surface area (Å²) in [5.74, 6) is 0.598. The molecule has 1 fully saturated rings. The summed E-state index contributed by atoms with van der Waals surface area (Å²) in [5.41, 5.74) is -0.468. The fourth-order valence-electron chi connectivity index (χ4n) is 1.89. The van der Waals surface area contributed by atoms with Gasteiger partial charge in [-0.15, -0.1) is 0 Å². The lowest BCUT2D eigenvalue weighted by atomic mass is 10.2. The first-order chi connectivity index (χ1) is 9.35. The minimum Gasteiger partial charge on any atom is -0.444 e. The number of aromatic nitrogens is 2. The zero-order valence-corrected chi connectivity index (χ0v) is 12.7. The van der Waals surface area contributed by atoms with E-state index in [9.17, 15) is 4.79 Å². The maximum atomic E-state index is 11.9. The zero-order chi connectivity index (χ0) is 14.8. The number of hydrogen-bond acceptors (Lipinski definition) is 5. The van der Waals surface area contributed by atoms with Gasteiger partial charge in [-0.1, -0.05) is 11.6 Å². The van der Waals surface area contributed by atoms with Crippen LogP contribution in [-0.4, -0.2) is 52.7 Å². The van der Waals surface area contributed by atoms with Crippen molar-refractivity contribution in [2.45, 2.75) is 26.4 Å². The van der Waals surface area contributed by atoms with Crippen LogP contribution >= 0.6 is 11.6 Å². The first-order valence-electron chi connectivity index (χ1n) is 6.56. The Morgan fingerprint density at radius 1 is 1.30 bits per heavy atom. The van der Waals surface area contributed by atoms with E-state index in [1.807, 2.05) is 25.7 Å². The number of amides is 1.